The van der Waals surface area contributed by atoms with Crippen molar-refractivity contribution in [2.75, 3.05) is 52.5 Å². The van der Waals surface area contributed by atoms with Crippen molar-refractivity contribution in [3.05, 3.63) is 0 Å². The SMILES string of the molecule is CC=O.CCCCC(CC)CCC.CCCCC(CC)CCCCCC(O)CN(CCCCC1NC(=O)C(CCCCN(CC(O)CCCCC(=O)OCC(CC)CCCC)CC(O)CCCCC(=O)OCC(CC)CCCC)NC1=O)CC(O)CCCCC=O. The Hall–Kier alpha value is -3.02. The van der Waals surface area contributed by atoms with E-state index < -0.39 is 36.5 Å². The van der Waals surface area contributed by atoms with Crippen LogP contribution in [0.15, 0.2) is 0 Å². The van der Waals surface area contributed by atoms with Gasteiger partial charge in [0.25, 0.3) is 0 Å². The number of hydrogen-bond acceptors (Lipinski definition) is 14. The topological polar surface area (TPSA) is 232 Å². The lowest BCUT2D eigenvalue weighted by Crippen LogP contribution is -2.61. The normalized spacial score (nSPS) is 16.7. The van der Waals surface area contributed by atoms with Crippen LogP contribution >= 0.6 is 0 Å². The highest BCUT2D eigenvalue weighted by atomic mass is 16.5. The molecule has 538 valence electrons. The van der Waals surface area contributed by atoms with Crippen LogP contribution in [0.4, 0.5) is 0 Å². The number of piperazine rings is 1. The van der Waals surface area contributed by atoms with Gasteiger partial charge < -0.3 is 50.1 Å². The van der Waals surface area contributed by atoms with E-state index >= 15 is 0 Å². The fraction of sp³-hybridized carbons (Fsp3) is 0.920. The predicted octanol–water partition coefficient (Wildman–Crippen LogP) is 15.1. The Morgan fingerprint density at radius 2 is 0.736 bits per heavy atom. The summed E-state index contributed by atoms with van der Waals surface area (Å²) in [5.41, 5.74) is 0. The third-order valence-corrected chi connectivity index (χ3v) is 18.5. The van der Waals surface area contributed by atoms with Gasteiger partial charge in [0.2, 0.25) is 11.8 Å². The van der Waals surface area contributed by atoms with Crippen LogP contribution in [0.5, 0.6) is 0 Å². The van der Waals surface area contributed by atoms with Gasteiger partial charge >= 0.3 is 11.9 Å². The maximum atomic E-state index is 13.3. The summed E-state index contributed by atoms with van der Waals surface area (Å²) in [7, 11) is 0. The Kier molecular flexibility index (Phi) is 63.6. The Labute approximate surface area is 558 Å². The molecule has 10 unspecified atom stereocenters. The molecule has 1 aliphatic heterocycles. The average Bonchev–Trinajstić information content (AvgIpc) is 1.60. The second kappa shape index (κ2) is 64.3. The first-order chi connectivity index (χ1) is 44.0. The molecule has 1 heterocycles. The van der Waals surface area contributed by atoms with Gasteiger partial charge in [-0.1, -0.05) is 210 Å². The number of carbonyl (C=O) groups excluding carboxylic acids is 6. The van der Waals surface area contributed by atoms with Crippen molar-refractivity contribution >= 4 is 36.3 Å². The van der Waals surface area contributed by atoms with E-state index in [1.807, 2.05) is 0 Å². The summed E-state index contributed by atoms with van der Waals surface area (Å²) in [6.45, 7) is 25.2. The van der Waals surface area contributed by atoms with Crippen LogP contribution in [0.25, 0.3) is 0 Å². The van der Waals surface area contributed by atoms with Gasteiger partial charge in [-0.2, -0.15) is 0 Å². The molecule has 10 atom stereocenters. The Morgan fingerprint density at radius 1 is 0.418 bits per heavy atom. The molecular formula is C75H146N4O12. The van der Waals surface area contributed by atoms with Crippen molar-refractivity contribution in [1.29, 1.82) is 0 Å². The molecule has 0 bridgehead atoms. The molecule has 1 saturated heterocycles. The van der Waals surface area contributed by atoms with E-state index in [0.29, 0.717) is 161 Å². The summed E-state index contributed by atoms with van der Waals surface area (Å²) in [5, 5.41) is 50.1. The lowest BCUT2D eigenvalue weighted by Gasteiger charge is -2.31. The number of unbranched alkanes of at least 4 members (excludes halogenated alkanes) is 12. The van der Waals surface area contributed by atoms with Gasteiger partial charge in [0.05, 0.1) is 37.6 Å². The molecule has 6 N–H and O–H groups in total. The van der Waals surface area contributed by atoms with Gasteiger partial charge in [0, 0.05) is 45.4 Å². The maximum absolute atomic E-state index is 13.3. The van der Waals surface area contributed by atoms with Crippen LogP contribution in [-0.4, -0.2) is 156 Å². The molecule has 0 aromatic carbocycles. The highest BCUT2D eigenvalue weighted by Crippen LogP contribution is 2.23. The maximum Gasteiger partial charge on any atom is 0.305 e. The summed E-state index contributed by atoms with van der Waals surface area (Å²) in [4.78, 5) is 75.4. The number of hydrogen-bond donors (Lipinski definition) is 6. The summed E-state index contributed by atoms with van der Waals surface area (Å²) in [6.07, 6.45) is 37.2. The minimum Gasteiger partial charge on any atom is -0.465 e. The van der Waals surface area contributed by atoms with Crippen LogP contribution < -0.4 is 10.6 Å². The molecule has 16 heteroatoms. The molecule has 0 spiro atoms. The van der Waals surface area contributed by atoms with Gasteiger partial charge in [-0.25, -0.2) is 0 Å². The zero-order valence-corrected chi connectivity index (χ0v) is 60.5. The molecule has 1 rings (SSSR count). The van der Waals surface area contributed by atoms with Crippen LogP contribution in [-0.2, 0) is 38.2 Å². The Balaban J connectivity index is 0. The number of rotatable bonds is 61. The van der Waals surface area contributed by atoms with Crippen molar-refractivity contribution in [3.8, 4) is 0 Å². The third kappa shape index (κ3) is 53.9. The first-order valence-electron chi connectivity index (χ1n) is 37.9. The van der Waals surface area contributed by atoms with Crippen molar-refractivity contribution in [2.24, 2.45) is 23.7 Å². The average molecular weight is 1300 g/mol. The second-order valence-electron chi connectivity index (χ2n) is 26.9. The molecule has 1 aliphatic rings. The number of esters is 2. The molecule has 1 fully saturated rings. The number of aldehydes is 2. The summed E-state index contributed by atoms with van der Waals surface area (Å²) in [5.74, 6) is 1.81. The standard InChI is InChI=1S/C63H120N4O11.C10H22.C2H4O/c1-7-13-30-51(10-4)33-18-16-19-34-54(69)45-66(46-55(70)35-20-17-29-44-68)42-27-25-38-58-62(75)65-59(63(76)64-58)39-26-28-43-67(47-56(71)36-21-23-40-60(73)77-49-52(11-5)31-14-8-2)48-57(72)37-22-24-41-61(74)78-50-53(12-6)32-15-9-3;1-4-7-9-10(6-3)8-5-2;1-2-3/h44,51-59,69-72H,7-43,45-50H2,1-6H3,(H,64,76)(H,65,75);10H,4-9H2,1-3H3;2H,1H3. The lowest BCUT2D eigenvalue weighted by atomic mass is 9.93. The fourth-order valence-electron chi connectivity index (χ4n) is 12.3. The summed E-state index contributed by atoms with van der Waals surface area (Å²) < 4.78 is 11.1. The molecule has 16 nitrogen and oxygen atoms in total. The molecule has 2 amide bonds. The number of amides is 2. The highest BCUT2D eigenvalue weighted by Gasteiger charge is 2.33. The van der Waals surface area contributed by atoms with E-state index in [2.05, 4.69) is 82.7 Å². The van der Waals surface area contributed by atoms with Gasteiger partial charge in [-0.15, -0.1) is 0 Å². The third-order valence-electron chi connectivity index (χ3n) is 18.5. The van der Waals surface area contributed by atoms with Gasteiger partial charge in [-0.3, -0.25) is 29.0 Å². The van der Waals surface area contributed by atoms with Crippen LogP contribution in [0, 0.1) is 23.7 Å². The number of nitrogens with one attached hydrogen (secondary N) is 2. The van der Waals surface area contributed by atoms with E-state index in [1.54, 1.807) is 0 Å². The number of carbonyl (C=O) groups is 6. The first kappa shape index (κ1) is 90.0. The van der Waals surface area contributed by atoms with Crippen molar-refractivity contribution < 1.29 is 58.7 Å². The van der Waals surface area contributed by atoms with Crippen LogP contribution in [0.3, 0.4) is 0 Å². The number of aliphatic hydroxyl groups excluding tert-OH is 4. The molecule has 0 radical (unpaired) electrons. The Bertz CT molecular complexity index is 1650. The monoisotopic (exact) mass is 1300 g/mol. The van der Waals surface area contributed by atoms with Gasteiger partial charge in [0.1, 0.15) is 24.7 Å². The largest absolute Gasteiger partial charge is 0.465 e. The van der Waals surface area contributed by atoms with Crippen LogP contribution in [0.1, 0.15) is 332 Å². The molecule has 0 aromatic rings. The molecule has 0 saturated carbocycles. The molecular weight excluding hydrogens is 1150 g/mol. The minimum atomic E-state index is -0.657. The first-order valence-corrected chi connectivity index (χ1v) is 37.9. The Morgan fingerprint density at radius 3 is 1.08 bits per heavy atom. The quantitative estimate of drug-likeness (QED) is 0.0189. The van der Waals surface area contributed by atoms with Crippen molar-refractivity contribution in [3.63, 3.8) is 0 Å². The van der Waals surface area contributed by atoms with E-state index in [0.717, 1.165) is 114 Å². The van der Waals surface area contributed by atoms with Gasteiger partial charge in [0.15, 0.2) is 0 Å². The number of nitrogens with zero attached hydrogens (tertiary/aromatic N) is 2. The summed E-state index contributed by atoms with van der Waals surface area (Å²) >= 11 is 0. The zero-order chi connectivity index (χ0) is 68.1. The van der Waals surface area contributed by atoms with Crippen molar-refractivity contribution in [1.82, 2.24) is 20.4 Å². The second-order valence-corrected chi connectivity index (χ2v) is 26.9. The number of aliphatic hydroxyl groups is 4. The minimum absolute atomic E-state index is 0.194. The molecule has 0 aromatic heterocycles. The smallest absolute Gasteiger partial charge is 0.305 e. The van der Waals surface area contributed by atoms with E-state index in [1.165, 1.54) is 84.0 Å². The number of ether oxygens (including phenoxy) is 2. The summed E-state index contributed by atoms with van der Waals surface area (Å²) in [6, 6.07) is -1.28. The van der Waals surface area contributed by atoms with Gasteiger partial charge in [-0.05, 0) is 140 Å². The van der Waals surface area contributed by atoms with E-state index in [9.17, 15) is 44.4 Å². The van der Waals surface area contributed by atoms with E-state index in [-0.39, 0.29) is 23.8 Å². The predicted molar refractivity (Wildman–Crippen MR) is 375 cm³/mol. The fourth-order valence-corrected chi connectivity index (χ4v) is 12.3. The zero-order valence-electron chi connectivity index (χ0n) is 60.5. The lowest BCUT2D eigenvalue weighted by molar-refractivity contribution is -0.146. The van der Waals surface area contributed by atoms with E-state index in [4.69, 9.17) is 14.3 Å². The van der Waals surface area contributed by atoms with Crippen molar-refractivity contribution in [2.45, 2.75) is 369 Å². The highest BCUT2D eigenvalue weighted by molar-refractivity contribution is 5.96. The molecule has 91 heavy (non-hydrogen) atoms. The van der Waals surface area contributed by atoms with Crippen LogP contribution in [0.2, 0.25) is 0 Å². The molecule has 0 aliphatic carbocycles.